The van der Waals surface area contributed by atoms with Gasteiger partial charge in [-0.05, 0) is 66.1 Å². The van der Waals surface area contributed by atoms with Crippen LogP contribution in [0.2, 0.25) is 5.02 Å². The summed E-state index contributed by atoms with van der Waals surface area (Å²) in [6.07, 6.45) is 1.56. The van der Waals surface area contributed by atoms with Crippen LogP contribution in [-0.2, 0) is 11.4 Å². The molecule has 0 saturated heterocycles. The summed E-state index contributed by atoms with van der Waals surface area (Å²) in [5.41, 5.74) is 5.25. The Balaban J connectivity index is 1.43. The Hall–Kier alpha value is -3.31. The van der Waals surface area contributed by atoms with E-state index >= 15 is 0 Å². The standard InChI is InChI=1S/C23H21ClN2O3/c1-17-13-20(24)9-12-22(17)29-16-23(27)26-25-14-18-7-10-21(11-8-18)28-15-19-5-3-2-4-6-19/h2-14H,15-16H2,1H3,(H,26,27)/b25-14+. The monoisotopic (exact) mass is 408 g/mol. The van der Waals surface area contributed by atoms with E-state index < -0.39 is 0 Å². The molecule has 1 N–H and O–H groups in total. The van der Waals surface area contributed by atoms with Gasteiger partial charge in [-0.15, -0.1) is 0 Å². The van der Waals surface area contributed by atoms with Gasteiger partial charge in [-0.2, -0.15) is 5.10 Å². The van der Waals surface area contributed by atoms with Crippen molar-refractivity contribution in [1.82, 2.24) is 5.43 Å². The van der Waals surface area contributed by atoms with Crippen LogP contribution >= 0.6 is 11.6 Å². The highest BCUT2D eigenvalue weighted by Crippen LogP contribution is 2.21. The van der Waals surface area contributed by atoms with Gasteiger partial charge in [-0.1, -0.05) is 41.9 Å². The number of carbonyl (C=O) groups is 1. The third-order valence-electron chi connectivity index (χ3n) is 4.03. The molecule has 0 aliphatic carbocycles. The molecule has 0 aliphatic heterocycles. The number of hydrogen-bond acceptors (Lipinski definition) is 4. The van der Waals surface area contributed by atoms with E-state index in [1.54, 1.807) is 24.4 Å². The van der Waals surface area contributed by atoms with Crippen molar-refractivity contribution >= 4 is 23.7 Å². The molecule has 0 aromatic heterocycles. The molecule has 0 fully saturated rings. The zero-order valence-electron chi connectivity index (χ0n) is 16.0. The molecule has 0 heterocycles. The highest BCUT2D eigenvalue weighted by molar-refractivity contribution is 6.30. The zero-order valence-corrected chi connectivity index (χ0v) is 16.7. The summed E-state index contributed by atoms with van der Waals surface area (Å²) in [6.45, 7) is 2.24. The lowest BCUT2D eigenvalue weighted by Crippen LogP contribution is -2.24. The van der Waals surface area contributed by atoms with Crippen LogP contribution in [0.25, 0.3) is 0 Å². The number of amides is 1. The number of carbonyl (C=O) groups excluding carboxylic acids is 1. The van der Waals surface area contributed by atoms with Gasteiger partial charge >= 0.3 is 0 Å². The molecule has 3 aromatic carbocycles. The molecular formula is C23H21ClN2O3. The number of rotatable bonds is 8. The van der Waals surface area contributed by atoms with Gasteiger partial charge in [0.05, 0.1) is 6.21 Å². The number of benzene rings is 3. The molecule has 0 spiro atoms. The summed E-state index contributed by atoms with van der Waals surface area (Å²) in [6, 6.07) is 22.6. The van der Waals surface area contributed by atoms with Gasteiger partial charge in [-0.25, -0.2) is 5.43 Å². The van der Waals surface area contributed by atoms with Crippen molar-refractivity contribution in [3.63, 3.8) is 0 Å². The summed E-state index contributed by atoms with van der Waals surface area (Å²) in [5, 5.41) is 4.57. The van der Waals surface area contributed by atoms with Gasteiger partial charge in [0, 0.05) is 5.02 Å². The van der Waals surface area contributed by atoms with Crippen molar-refractivity contribution in [2.45, 2.75) is 13.5 Å². The Morgan fingerprint density at radius 1 is 1.03 bits per heavy atom. The second kappa shape index (κ2) is 10.3. The Morgan fingerprint density at radius 3 is 2.52 bits per heavy atom. The van der Waals surface area contributed by atoms with Crippen LogP contribution in [0, 0.1) is 6.92 Å². The summed E-state index contributed by atoms with van der Waals surface area (Å²) >= 11 is 5.90. The van der Waals surface area contributed by atoms with Gasteiger partial charge < -0.3 is 9.47 Å². The zero-order chi connectivity index (χ0) is 20.5. The quantitative estimate of drug-likeness (QED) is 0.432. The van der Waals surface area contributed by atoms with Crippen LogP contribution in [0.3, 0.4) is 0 Å². The van der Waals surface area contributed by atoms with Crippen molar-refractivity contribution in [3.8, 4) is 11.5 Å². The van der Waals surface area contributed by atoms with Gasteiger partial charge in [0.2, 0.25) is 0 Å². The minimum Gasteiger partial charge on any atom is -0.489 e. The lowest BCUT2D eigenvalue weighted by molar-refractivity contribution is -0.123. The van der Waals surface area contributed by atoms with Crippen LogP contribution in [0.15, 0.2) is 77.9 Å². The Morgan fingerprint density at radius 2 is 1.79 bits per heavy atom. The van der Waals surface area contributed by atoms with E-state index in [2.05, 4.69) is 10.5 Å². The van der Waals surface area contributed by atoms with Crippen molar-refractivity contribution in [2.24, 2.45) is 5.10 Å². The van der Waals surface area contributed by atoms with Crippen molar-refractivity contribution in [2.75, 3.05) is 6.61 Å². The number of aryl methyl sites for hydroxylation is 1. The first-order valence-corrected chi connectivity index (χ1v) is 9.45. The smallest absolute Gasteiger partial charge is 0.277 e. The number of nitrogens with zero attached hydrogens (tertiary/aromatic N) is 1. The summed E-state index contributed by atoms with van der Waals surface area (Å²) in [7, 11) is 0. The third-order valence-corrected chi connectivity index (χ3v) is 4.26. The van der Waals surface area contributed by atoms with Crippen LogP contribution in [0.1, 0.15) is 16.7 Å². The van der Waals surface area contributed by atoms with Crippen LogP contribution in [0.5, 0.6) is 11.5 Å². The lowest BCUT2D eigenvalue weighted by Gasteiger charge is -2.08. The molecule has 148 valence electrons. The van der Waals surface area contributed by atoms with E-state index in [4.69, 9.17) is 21.1 Å². The van der Waals surface area contributed by atoms with Gasteiger partial charge in [0.25, 0.3) is 5.91 Å². The molecule has 6 heteroatoms. The van der Waals surface area contributed by atoms with Crippen LogP contribution in [0.4, 0.5) is 0 Å². The van der Waals surface area contributed by atoms with Crippen molar-refractivity contribution < 1.29 is 14.3 Å². The number of halogens is 1. The molecule has 0 unspecified atom stereocenters. The first kappa shape index (κ1) is 20.4. The molecule has 3 rings (SSSR count). The molecule has 0 saturated carbocycles. The van der Waals surface area contributed by atoms with E-state index in [1.165, 1.54) is 0 Å². The topological polar surface area (TPSA) is 59.9 Å². The van der Waals surface area contributed by atoms with E-state index in [1.807, 2.05) is 61.5 Å². The Kier molecular flexibility index (Phi) is 7.25. The van der Waals surface area contributed by atoms with Crippen molar-refractivity contribution in [3.05, 3.63) is 94.5 Å². The average Bonchev–Trinajstić information content (AvgIpc) is 2.73. The van der Waals surface area contributed by atoms with Gasteiger partial charge in [0.1, 0.15) is 18.1 Å². The van der Waals surface area contributed by atoms with E-state index in [-0.39, 0.29) is 12.5 Å². The minimum atomic E-state index is -0.349. The highest BCUT2D eigenvalue weighted by Gasteiger charge is 2.04. The largest absolute Gasteiger partial charge is 0.489 e. The second-order valence-electron chi connectivity index (χ2n) is 6.33. The van der Waals surface area contributed by atoms with Crippen LogP contribution < -0.4 is 14.9 Å². The molecule has 29 heavy (non-hydrogen) atoms. The first-order chi connectivity index (χ1) is 14.1. The maximum Gasteiger partial charge on any atom is 0.277 e. The number of hydrazone groups is 1. The molecule has 0 atom stereocenters. The Bertz CT molecular complexity index is 973. The van der Waals surface area contributed by atoms with E-state index in [9.17, 15) is 4.79 Å². The van der Waals surface area contributed by atoms with Gasteiger partial charge in [-0.3, -0.25) is 4.79 Å². The van der Waals surface area contributed by atoms with Crippen molar-refractivity contribution in [1.29, 1.82) is 0 Å². The highest BCUT2D eigenvalue weighted by atomic mass is 35.5. The summed E-state index contributed by atoms with van der Waals surface area (Å²) in [5.74, 6) is 1.03. The molecular weight excluding hydrogens is 388 g/mol. The molecule has 0 bridgehead atoms. The first-order valence-electron chi connectivity index (χ1n) is 9.08. The van der Waals surface area contributed by atoms with E-state index in [0.717, 1.165) is 22.4 Å². The number of nitrogens with one attached hydrogen (secondary N) is 1. The SMILES string of the molecule is Cc1cc(Cl)ccc1OCC(=O)N/N=C/c1ccc(OCc2ccccc2)cc1. The number of ether oxygens (including phenoxy) is 2. The summed E-state index contributed by atoms with van der Waals surface area (Å²) < 4.78 is 11.2. The normalized spacial score (nSPS) is 10.7. The van der Waals surface area contributed by atoms with Crippen LogP contribution in [-0.4, -0.2) is 18.7 Å². The fourth-order valence-corrected chi connectivity index (χ4v) is 2.75. The van der Waals surface area contributed by atoms with E-state index in [0.29, 0.717) is 17.4 Å². The average molecular weight is 409 g/mol. The molecule has 0 aliphatic rings. The fourth-order valence-electron chi connectivity index (χ4n) is 2.52. The van der Waals surface area contributed by atoms with Gasteiger partial charge in [0.15, 0.2) is 6.61 Å². The second-order valence-corrected chi connectivity index (χ2v) is 6.77. The third kappa shape index (κ3) is 6.66. The number of hydrogen-bond donors (Lipinski definition) is 1. The molecule has 0 radical (unpaired) electrons. The maximum atomic E-state index is 11.9. The lowest BCUT2D eigenvalue weighted by atomic mass is 10.2. The Labute approximate surface area is 174 Å². The fraction of sp³-hybridized carbons (Fsp3) is 0.130. The predicted molar refractivity (Wildman–Crippen MR) is 115 cm³/mol. The minimum absolute atomic E-state index is 0.133. The molecule has 5 nitrogen and oxygen atoms in total. The maximum absolute atomic E-state index is 11.9. The molecule has 3 aromatic rings. The molecule has 1 amide bonds. The summed E-state index contributed by atoms with van der Waals surface area (Å²) in [4.78, 5) is 11.9. The predicted octanol–water partition coefficient (Wildman–Crippen LogP) is 4.76.